The molecule has 0 heterocycles. The number of benzene rings is 3. The van der Waals surface area contributed by atoms with Crippen molar-refractivity contribution in [1.29, 1.82) is 0 Å². The van der Waals surface area contributed by atoms with E-state index >= 15 is 0 Å². The molecule has 0 heteroatoms. The highest BCUT2D eigenvalue weighted by Gasteiger charge is 2.03. The zero-order valence-corrected chi connectivity index (χ0v) is 11.6. The van der Waals surface area contributed by atoms with Crippen LogP contribution in [-0.4, -0.2) is 0 Å². The first-order chi connectivity index (χ1) is 9.88. The van der Waals surface area contributed by atoms with Crippen LogP contribution >= 0.6 is 0 Å². The zero-order chi connectivity index (χ0) is 13.8. The Morgan fingerprint density at radius 1 is 0.800 bits per heavy atom. The molecule has 0 nitrogen and oxygen atoms in total. The molecule has 0 saturated carbocycles. The molecule has 0 unspecified atom stereocenters. The molecule has 0 fully saturated rings. The first kappa shape index (κ1) is 12.8. The van der Waals surface area contributed by atoms with Crippen LogP contribution in [0.25, 0.3) is 21.5 Å². The van der Waals surface area contributed by atoms with Crippen LogP contribution in [0.1, 0.15) is 24.8 Å². The second-order valence-corrected chi connectivity index (χ2v) is 5.25. The molecular weight excluding hydrogens is 240 g/mol. The SMILES string of the molecule is C#CCCCCc1cccc2cc3ccccc3cc12. The van der Waals surface area contributed by atoms with Gasteiger partial charge in [0.15, 0.2) is 0 Å². The molecule has 0 atom stereocenters. The van der Waals surface area contributed by atoms with Crippen LogP contribution in [0.5, 0.6) is 0 Å². The second-order valence-electron chi connectivity index (χ2n) is 5.25. The van der Waals surface area contributed by atoms with Gasteiger partial charge in [0, 0.05) is 6.42 Å². The summed E-state index contributed by atoms with van der Waals surface area (Å²) in [6, 6.07) is 19.8. The van der Waals surface area contributed by atoms with Gasteiger partial charge in [-0.25, -0.2) is 0 Å². The van der Waals surface area contributed by atoms with E-state index in [1.54, 1.807) is 0 Å². The van der Waals surface area contributed by atoms with Gasteiger partial charge in [-0.15, -0.1) is 12.3 Å². The maximum absolute atomic E-state index is 5.31. The Bertz CT molecular complexity index is 775. The molecule has 0 aliphatic rings. The first-order valence-corrected chi connectivity index (χ1v) is 7.22. The highest BCUT2D eigenvalue weighted by molar-refractivity contribution is 5.99. The van der Waals surface area contributed by atoms with Crippen LogP contribution in [-0.2, 0) is 6.42 Å². The van der Waals surface area contributed by atoms with Crippen LogP contribution in [0.3, 0.4) is 0 Å². The van der Waals surface area contributed by atoms with Gasteiger partial charge >= 0.3 is 0 Å². The smallest absolute Gasteiger partial charge is 0.00861 e. The lowest BCUT2D eigenvalue weighted by Gasteiger charge is -2.08. The lowest BCUT2D eigenvalue weighted by Crippen LogP contribution is -1.88. The Labute approximate surface area is 120 Å². The molecular formula is C20H18. The molecule has 0 bridgehead atoms. The Hall–Kier alpha value is -2.26. The summed E-state index contributed by atoms with van der Waals surface area (Å²) in [6.07, 6.45) is 9.58. The molecule has 0 amide bonds. The third kappa shape index (κ3) is 2.53. The first-order valence-electron chi connectivity index (χ1n) is 7.22. The van der Waals surface area contributed by atoms with Crippen molar-refractivity contribution in [3.63, 3.8) is 0 Å². The van der Waals surface area contributed by atoms with Crippen LogP contribution in [0.15, 0.2) is 54.6 Å². The molecule has 0 saturated heterocycles. The molecule has 20 heavy (non-hydrogen) atoms. The summed E-state index contributed by atoms with van der Waals surface area (Å²) < 4.78 is 0. The standard InChI is InChI=1S/C20H18/c1-2-3-4-5-9-16-12-8-13-19-14-17-10-6-7-11-18(17)15-20(16)19/h1,6-8,10-15H,3-5,9H2. The third-order valence-corrected chi connectivity index (χ3v) is 3.85. The minimum absolute atomic E-state index is 0.883. The normalized spacial score (nSPS) is 10.8. The van der Waals surface area contributed by atoms with E-state index in [2.05, 4.69) is 60.5 Å². The summed E-state index contributed by atoms with van der Waals surface area (Å²) in [6.45, 7) is 0. The molecule has 3 aromatic rings. The number of terminal acetylenes is 1. The molecule has 0 aliphatic carbocycles. The van der Waals surface area contributed by atoms with E-state index in [0.29, 0.717) is 0 Å². The molecule has 98 valence electrons. The lowest BCUT2D eigenvalue weighted by atomic mass is 9.97. The van der Waals surface area contributed by atoms with Crippen molar-refractivity contribution in [3.8, 4) is 12.3 Å². The van der Waals surface area contributed by atoms with Crippen LogP contribution in [0, 0.1) is 12.3 Å². The molecule has 0 spiro atoms. The number of fused-ring (bicyclic) bond motifs is 2. The van der Waals surface area contributed by atoms with Gasteiger partial charge in [-0.3, -0.25) is 0 Å². The minimum atomic E-state index is 0.883. The summed E-state index contributed by atoms with van der Waals surface area (Å²) in [5.41, 5.74) is 1.44. The minimum Gasteiger partial charge on any atom is -0.120 e. The Balaban J connectivity index is 2.00. The van der Waals surface area contributed by atoms with Gasteiger partial charge in [0.05, 0.1) is 0 Å². The fraction of sp³-hybridized carbons (Fsp3) is 0.200. The summed E-state index contributed by atoms with van der Waals surface area (Å²) in [5, 5.41) is 5.34. The summed E-state index contributed by atoms with van der Waals surface area (Å²) in [7, 11) is 0. The van der Waals surface area contributed by atoms with Crippen LogP contribution in [0.2, 0.25) is 0 Å². The molecule has 0 radical (unpaired) electrons. The van der Waals surface area contributed by atoms with Crippen molar-refractivity contribution in [2.24, 2.45) is 0 Å². The average Bonchev–Trinajstić information content (AvgIpc) is 2.50. The van der Waals surface area contributed by atoms with E-state index in [1.165, 1.54) is 27.1 Å². The Kier molecular flexibility index (Phi) is 3.70. The van der Waals surface area contributed by atoms with E-state index in [1.807, 2.05) is 0 Å². The maximum atomic E-state index is 5.31. The lowest BCUT2D eigenvalue weighted by molar-refractivity contribution is 0.760. The van der Waals surface area contributed by atoms with Gasteiger partial charge in [-0.2, -0.15) is 0 Å². The molecule has 3 rings (SSSR count). The maximum Gasteiger partial charge on any atom is 0.00861 e. The van der Waals surface area contributed by atoms with Crippen molar-refractivity contribution < 1.29 is 0 Å². The molecule has 0 N–H and O–H groups in total. The van der Waals surface area contributed by atoms with Crippen LogP contribution < -0.4 is 0 Å². The van der Waals surface area contributed by atoms with E-state index in [0.717, 1.165) is 25.7 Å². The number of aryl methyl sites for hydroxylation is 1. The largest absolute Gasteiger partial charge is 0.120 e. The monoisotopic (exact) mass is 258 g/mol. The van der Waals surface area contributed by atoms with Gasteiger partial charge in [0.1, 0.15) is 0 Å². The fourth-order valence-electron chi connectivity index (χ4n) is 2.79. The van der Waals surface area contributed by atoms with Crippen LogP contribution in [0.4, 0.5) is 0 Å². The van der Waals surface area contributed by atoms with Gasteiger partial charge in [0.2, 0.25) is 0 Å². The molecule has 0 aromatic heterocycles. The fourth-order valence-corrected chi connectivity index (χ4v) is 2.79. The van der Waals surface area contributed by atoms with Gasteiger partial charge in [-0.05, 0) is 58.5 Å². The summed E-state index contributed by atoms with van der Waals surface area (Å²) in [5.74, 6) is 2.72. The van der Waals surface area contributed by atoms with Crippen molar-refractivity contribution in [2.75, 3.05) is 0 Å². The van der Waals surface area contributed by atoms with E-state index in [4.69, 9.17) is 6.42 Å². The molecule has 0 aliphatic heterocycles. The highest BCUT2D eigenvalue weighted by atomic mass is 14.1. The van der Waals surface area contributed by atoms with E-state index in [9.17, 15) is 0 Å². The van der Waals surface area contributed by atoms with E-state index in [-0.39, 0.29) is 0 Å². The second kappa shape index (κ2) is 5.80. The number of hydrogen-bond donors (Lipinski definition) is 0. The third-order valence-electron chi connectivity index (χ3n) is 3.85. The highest BCUT2D eigenvalue weighted by Crippen LogP contribution is 2.26. The van der Waals surface area contributed by atoms with Crippen molar-refractivity contribution in [3.05, 3.63) is 60.2 Å². The van der Waals surface area contributed by atoms with Gasteiger partial charge in [-0.1, -0.05) is 42.5 Å². The summed E-state index contributed by atoms with van der Waals surface area (Å²) in [4.78, 5) is 0. The Morgan fingerprint density at radius 2 is 1.55 bits per heavy atom. The predicted octanol–water partition coefficient (Wildman–Crippen LogP) is 5.34. The van der Waals surface area contributed by atoms with E-state index < -0.39 is 0 Å². The molecule has 3 aromatic carbocycles. The topological polar surface area (TPSA) is 0 Å². The van der Waals surface area contributed by atoms with Gasteiger partial charge < -0.3 is 0 Å². The average molecular weight is 258 g/mol. The number of unbranched alkanes of at least 4 members (excludes halogenated alkanes) is 2. The predicted molar refractivity (Wildman–Crippen MR) is 87.8 cm³/mol. The Morgan fingerprint density at radius 3 is 2.35 bits per heavy atom. The van der Waals surface area contributed by atoms with Crippen molar-refractivity contribution >= 4 is 21.5 Å². The number of hydrogen-bond acceptors (Lipinski definition) is 0. The van der Waals surface area contributed by atoms with Gasteiger partial charge in [0.25, 0.3) is 0 Å². The van der Waals surface area contributed by atoms with Crippen molar-refractivity contribution in [2.45, 2.75) is 25.7 Å². The van der Waals surface area contributed by atoms with Crippen molar-refractivity contribution in [1.82, 2.24) is 0 Å². The quantitative estimate of drug-likeness (QED) is 0.336. The summed E-state index contributed by atoms with van der Waals surface area (Å²) >= 11 is 0. The number of rotatable bonds is 4. The zero-order valence-electron chi connectivity index (χ0n) is 11.6.